The molecule has 0 unspecified atom stereocenters. The molecule has 0 spiro atoms. The number of nitrogens with zero attached hydrogens (tertiary/aromatic N) is 3. The van der Waals surface area contributed by atoms with Gasteiger partial charge >= 0.3 is 0 Å². The van der Waals surface area contributed by atoms with E-state index in [0.29, 0.717) is 30.7 Å². The zero-order chi connectivity index (χ0) is 20.6. The van der Waals surface area contributed by atoms with E-state index in [0.717, 1.165) is 22.8 Å². The molecule has 9 heteroatoms. The number of hydrogen-bond acceptors (Lipinski definition) is 7. The van der Waals surface area contributed by atoms with E-state index in [4.69, 9.17) is 13.9 Å². The van der Waals surface area contributed by atoms with Gasteiger partial charge in [-0.2, -0.15) is 0 Å². The highest BCUT2D eigenvalue weighted by Gasteiger charge is 2.18. The molecule has 0 aliphatic heterocycles. The normalized spacial score (nSPS) is 10.9. The van der Waals surface area contributed by atoms with Gasteiger partial charge in [0.15, 0.2) is 11.0 Å². The maximum absolute atomic E-state index is 12.4. The lowest BCUT2D eigenvalue weighted by Crippen LogP contribution is -2.15. The monoisotopic (exact) mass is 416 g/mol. The Bertz CT molecular complexity index is 936. The van der Waals surface area contributed by atoms with Crippen molar-refractivity contribution in [3.8, 4) is 17.1 Å². The minimum Gasteiger partial charge on any atom is -0.494 e. The third-order valence-corrected chi connectivity index (χ3v) is 5.08. The third kappa shape index (κ3) is 5.39. The van der Waals surface area contributed by atoms with Gasteiger partial charge in [0.1, 0.15) is 11.5 Å². The Balaban J connectivity index is 1.65. The van der Waals surface area contributed by atoms with Crippen LogP contribution >= 0.6 is 11.8 Å². The van der Waals surface area contributed by atoms with Gasteiger partial charge in [-0.05, 0) is 44.2 Å². The average molecular weight is 417 g/mol. The summed E-state index contributed by atoms with van der Waals surface area (Å²) in [5, 5.41) is 12.1. The number of amides is 1. The molecule has 0 radical (unpaired) electrons. The van der Waals surface area contributed by atoms with Crippen molar-refractivity contribution < 1.29 is 18.7 Å². The molecule has 0 atom stereocenters. The van der Waals surface area contributed by atoms with Gasteiger partial charge in [-0.3, -0.25) is 9.36 Å². The second-order valence-electron chi connectivity index (χ2n) is 6.14. The van der Waals surface area contributed by atoms with Crippen molar-refractivity contribution in [1.82, 2.24) is 14.8 Å². The predicted molar refractivity (Wildman–Crippen MR) is 111 cm³/mol. The number of furan rings is 1. The number of ether oxygens (including phenoxy) is 2. The van der Waals surface area contributed by atoms with E-state index in [1.807, 2.05) is 48.7 Å². The van der Waals surface area contributed by atoms with E-state index in [1.165, 1.54) is 11.8 Å². The summed E-state index contributed by atoms with van der Waals surface area (Å²) in [6.07, 6.45) is 1.62. The number of aromatic nitrogens is 3. The lowest BCUT2D eigenvalue weighted by atomic mass is 10.2. The smallest absolute Gasteiger partial charge is 0.234 e. The first-order valence-electron chi connectivity index (χ1n) is 9.24. The van der Waals surface area contributed by atoms with Crippen molar-refractivity contribution in [3.05, 3.63) is 42.4 Å². The number of methoxy groups -OCH3 is 1. The van der Waals surface area contributed by atoms with E-state index < -0.39 is 0 Å². The predicted octanol–water partition coefficient (Wildman–Crippen LogP) is 3.62. The van der Waals surface area contributed by atoms with Crippen molar-refractivity contribution in [2.75, 3.05) is 31.4 Å². The number of hydrogen-bond donors (Lipinski definition) is 1. The molecular weight excluding hydrogens is 392 g/mol. The third-order valence-electron chi connectivity index (χ3n) is 4.12. The number of anilines is 1. The molecule has 1 aromatic carbocycles. The average Bonchev–Trinajstić information content (AvgIpc) is 3.31. The molecule has 2 aromatic heterocycles. The summed E-state index contributed by atoms with van der Waals surface area (Å²) in [6, 6.07) is 9.14. The summed E-state index contributed by atoms with van der Waals surface area (Å²) in [5.74, 6) is 2.32. The topological polar surface area (TPSA) is 91.4 Å². The second kappa shape index (κ2) is 10.1. The Labute approximate surface area is 173 Å². The summed E-state index contributed by atoms with van der Waals surface area (Å²) in [7, 11) is 1.64. The van der Waals surface area contributed by atoms with Crippen LogP contribution in [0.4, 0.5) is 5.69 Å². The van der Waals surface area contributed by atoms with Crippen LogP contribution in [0, 0.1) is 6.92 Å². The van der Waals surface area contributed by atoms with Crippen molar-refractivity contribution in [2.45, 2.75) is 25.5 Å². The zero-order valence-electron chi connectivity index (χ0n) is 16.7. The number of thioether (sulfide) groups is 1. The molecule has 8 nitrogen and oxygen atoms in total. The van der Waals surface area contributed by atoms with Crippen molar-refractivity contribution in [2.24, 2.45) is 0 Å². The maximum atomic E-state index is 12.4. The minimum absolute atomic E-state index is 0.124. The largest absolute Gasteiger partial charge is 0.494 e. The SMILES string of the molecule is CCOc1ccc(NC(=O)CSc2nnc(-c3ccoc3C)n2CCOC)cc1. The molecule has 0 bridgehead atoms. The summed E-state index contributed by atoms with van der Waals surface area (Å²) in [6.45, 7) is 5.49. The first-order valence-corrected chi connectivity index (χ1v) is 10.2. The number of carbonyl (C=O) groups is 1. The van der Waals surface area contributed by atoms with Crippen molar-refractivity contribution >= 4 is 23.4 Å². The summed E-state index contributed by atoms with van der Waals surface area (Å²) in [4.78, 5) is 12.4. The summed E-state index contributed by atoms with van der Waals surface area (Å²) < 4.78 is 17.9. The van der Waals surface area contributed by atoms with Crippen LogP contribution in [0.2, 0.25) is 0 Å². The van der Waals surface area contributed by atoms with Gasteiger partial charge in [-0.15, -0.1) is 10.2 Å². The molecule has 0 saturated carbocycles. The molecule has 0 fully saturated rings. The maximum Gasteiger partial charge on any atom is 0.234 e. The van der Waals surface area contributed by atoms with Crippen molar-refractivity contribution in [3.63, 3.8) is 0 Å². The van der Waals surface area contributed by atoms with E-state index >= 15 is 0 Å². The Kier molecular flexibility index (Phi) is 7.31. The fourth-order valence-corrected chi connectivity index (χ4v) is 3.49. The number of benzene rings is 1. The van der Waals surface area contributed by atoms with Gasteiger partial charge in [-0.25, -0.2) is 0 Å². The van der Waals surface area contributed by atoms with Crippen molar-refractivity contribution in [1.29, 1.82) is 0 Å². The van der Waals surface area contributed by atoms with Gasteiger partial charge in [0.2, 0.25) is 5.91 Å². The minimum atomic E-state index is -0.124. The molecule has 2 heterocycles. The highest BCUT2D eigenvalue weighted by molar-refractivity contribution is 7.99. The number of nitrogens with one attached hydrogen (secondary N) is 1. The Morgan fingerprint density at radius 2 is 2.03 bits per heavy atom. The van der Waals surface area contributed by atoms with Crippen LogP contribution in [0.3, 0.4) is 0 Å². The number of aryl methyl sites for hydroxylation is 1. The van der Waals surface area contributed by atoms with Gasteiger partial charge in [0, 0.05) is 12.8 Å². The molecule has 0 saturated heterocycles. The van der Waals surface area contributed by atoms with Gasteiger partial charge < -0.3 is 19.2 Å². The van der Waals surface area contributed by atoms with Crippen LogP contribution in [0.1, 0.15) is 12.7 Å². The van der Waals surface area contributed by atoms with Gasteiger partial charge in [-0.1, -0.05) is 11.8 Å². The lowest BCUT2D eigenvalue weighted by molar-refractivity contribution is -0.113. The molecular formula is C20H24N4O4S. The molecule has 1 amide bonds. The molecule has 29 heavy (non-hydrogen) atoms. The van der Waals surface area contributed by atoms with Gasteiger partial charge in [0.05, 0.1) is 37.3 Å². The van der Waals surface area contributed by atoms with E-state index in [9.17, 15) is 4.79 Å². The Morgan fingerprint density at radius 1 is 1.24 bits per heavy atom. The highest BCUT2D eigenvalue weighted by Crippen LogP contribution is 2.27. The van der Waals surface area contributed by atoms with E-state index in [2.05, 4.69) is 15.5 Å². The van der Waals surface area contributed by atoms with E-state index in [1.54, 1.807) is 13.4 Å². The second-order valence-corrected chi connectivity index (χ2v) is 7.08. The highest BCUT2D eigenvalue weighted by atomic mass is 32.2. The zero-order valence-corrected chi connectivity index (χ0v) is 17.5. The number of rotatable bonds is 10. The summed E-state index contributed by atoms with van der Waals surface area (Å²) >= 11 is 1.33. The van der Waals surface area contributed by atoms with E-state index in [-0.39, 0.29) is 11.7 Å². The van der Waals surface area contributed by atoms with Crippen LogP contribution in [-0.4, -0.2) is 46.7 Å². The quantitative estimate of drug-likeness (QED) is 0.505. The number of carbonyl (C=O) groups excluding carboxylic acids is 1. The van der Waals surface area contributed by atoms with Gasteiger partial charge in [0.25, 0.3) is 0 Å². The fourth-order valence-electron chi connectivity index (χ4n) is 2.72. The molecule has 0 aliphatic carbocycles. The molecule has 3 rings (SSSR count). The van der Waals surface area contributed by atoms with Crippen LogP contribution in [0.25, 0.3) is 11.4 Å². The molecule has 1 N–H and O–H groups in total. The molecule has 0 aliphatic rings. The standard InChI is InChI=1S/C20H24N4O4S/c1-4-27-16-7-5-15(6-8-16)21-18(25)13-29-20-23-22-19(24(20)10-12-26-3)17-9-11-28-14(17)2/h5-9,11H,4,10,12-13H2,1-3H3,(H,21,25). The van der Waals surface area contributed by atoms with Crippen LogP contribution in [0.15, 0.2) is 46.2 Å². The molecule has 3 aromatic rings. The first kappa shape index (κ1) is 20.9. The van der Waals surface area contributed by atoms with Crippen LogP contribution in [0.5, 0.6) is 5.75 Å². The Hall–Kier alpha value is -2.78. The van der Waals surface area contributed by atoms with Crippen LogP contribution < -0.4 is 10.1 Å². The van der Waals surface area contributed by atoms with Crippen LogP contribution in [-0.2, 0) is 16.1 Å². The molecule has 154 valence electrons. The fraction of sp³-hybridized carbons (Fsp3) is 0.350. The Morgan fingerprint density at radius 3 is 2.69 bits per heavy atom. The lowest BCUT2D eigenvalue weighted by Gasteiger charge is -2.10. The first-order chi connectivity index (χ1) is 14.1. The summed E-state index contributed by atoms with van der Waals surface area (Å²) in [5.41, 5.74) is 1.59.